The Morgan fingerprint density at radius 3 is 2.87 bits per heavy atom. The van der Waals surface area contributed by atoms with Gasteiger partial charge in [0.05, 0.1) is 6.10 Å². The Bertz CT molecular complexity index is 752. The van der Waals surface area contributed by atoms with E-state index in [9.17, 15) is 24.8 Å². The number of aryl methyl sites for hydroxylation is 1. The van der Waals surface area contributed by atoms with Crippen LogP contribution in [0, 0.1) is 23.0 Å². The maximum atomic E-state index is 12.2. The minimum Gasteiger partial charge on any atom is -0.392 e. The van der Waals surface area contributed by atoms with Crippen LogP contribution in [-0.2, 0) is 16.0 Å². The lowest BCUT2D eigenvalue weighted by molar-refractivity contribution is -0.390. The smallest absolute Gasteiger partial charge is 0.343 e. The van der Waals surface area contributed by atoms with Crippen LogP contribution in [0.5, 0.6) is 0 Å². The molecule has 30 heavy (non-hydrogen) atoms. The van der Waals surface area contributed by atoms with Crippen molar-refractivity contribution in [3.05, 3.63) is 21.6 Å². The molecule has 1 aliphatic carbocycles. The van der Waals surface area contributed by atoms with Gasteiger partial charge in [-0.25, -0.2) is 9.97 Å². The molecule has 0 aliphatic heterocycles. The maximum absolute atomic E-state index is 12.2. The third kappa shape index (κ3) is 6.77. The number of aromatic amines is 1. The summed E-state index contributed by atoms with van der Waals surface area (Å²) < 4.78 is 0. The highest BCUT2D eigenvalue weighted by atomic mass is 16.6. The van der Waals surface area contributed by atoms with Crippen molar-refractivity contribution >= 4 is 17.6 Å². The van der Waals surface area contributed by atoms with Gasteiger partial charge in [0.15, 0.2) is 5.82 Å². The second kappa shape index (κ2) is 11.0. The van der Waals surface area contributed by atoms with Crippen LogP contribution in [0.3, 0.4) is 0 Å². The van der Waals surface area contributed by atoms with Gasteiger partial charge in [0.1, 0.15) is 11.7 Å². The average molecular weight is 425 g/mol. The highest BCUT2D eigenvalue weighted by Gasteiger charge is 2.28. The standard InChI is InChI=1S/C19H32N6O5/c1-11(19(28)21-10-9-14-18(25(29)30)24-12(2)23-14)22-16(27)8-4-6-13-5-3-7-15(26)17(13)20/h11,13,15,17,26H,3-10,20H2,1-2H3,(H,21,28)(H,22,27)(H,23,24)/t11-,13?,15?,17+/m0/s1. The molecule has 2 rings (SSSR count). The van der Waals surface area contributed by atoms with E-state index in [1.165, 1.54) is 0 Å². The van der Waals surface area contributed by atoms with Crippen molar-refractivity contribution in [3.8, 4) is 0 Å². The van der Waals surface area contributed by atoms with Gasteiger partial charge in [0.25, 0.3) is 0 Å². The second-order valence-corrected chi connectivity index (χ2v) is 7.93. The highest BCUT2D eigenvalue weighted by molar-refractivity contribution is 5.87. The van der Waals surface area contributed by atoms with E-state index in [4.69, 9.17) is 5.73 Å². The molecule has 1 aromatic rings. The van der Waals surface area contributed by atoms with Crippen molar-refractivity contribution in [1.29, 1.82) is 0 Å². The molecular formula is C19H32N6O5. The molecule has 2 unspecified atom stereocenters. The van der Waals surface area contributed by atoms with E-state index in [1.807, 2.05) is 0 Å². The lowest BCUT2D eigenvalue weighted by Gasteiger charge is -2.32. The summed E-state index contributed by atoms with van der Waals surface area (Å²) in [5.41, 5.74) is 6.31. The lowest BCUT2D eigenvalue weighted by atomic mass is 9.80. The summed E-state index contributed by atoms with van der Waals surface area (Å²) in [5.74, 6) is -0.102. The zero-order valence-corrected chi connectivity index (χ0v) is 17.5. The van der Waals surface area contributed by atoms with Crippen LogP contribution in [0.1, 0.15) is 57.0 Å². The van der Waals surface area contributed by atoms with Crippen molar-refractivity contribution in [1.82, 2.24) is 20.6 Å². The number of nitrogens with one attached hydrogen (secondary N) is 3. The molecule has 0 spiro atoms. The molecule has 0 radical (unpaired) electrons. The highest BCUT2D eigenvalue weighted by Crippen LogP contribution is 2.27. The first-order valence-corrected chi connectivity index (χ1v) is 10.4. The molecule has 1 saturated carbocycles. The number of nitrogens with two attached hydrogens (primary N) is 1. The lowest BCUT2D eigenvalue weighted by Crippen LogP contribution is -2.45. The number of aliphatic hydroxyl groups is 1. The molecule has 2 amide bonds. The monoisotopic (exact) mass is 424 g/mol. The molecule has 1 heterocycles. The molecule has 1 aromatic heterocycles. The first-order valence-electron chi connectivity index (χ1n) is 10.4. The summed E-state index contributed by atoms with van der Waals surface area (Å²) in [6.07, 6.45) is 4.10. The van der Waals surface area contributed by atoms with Crippen LogP contribution in [0.25, 0.3) is 0 Å². The van der Waals surface area contributed by atoms with Gasteiger partial charge in [-0.2, -0.15) is 0 Å². The van der Waals surface area contributed by atoms with Crippen LogP contribution < -0.4 is 16.4 Å². The van der Waals surface area contributed by atoms with Gasteiger partial charge in [0, 0.05) is 32.4 Å². The van der Waals surface area contributed by atoms with E-state index in [0.717, 1.165) is 25.7 Å². The number of imidazole rings is 1. The summed E-state index contributed by atoms with van der Waals surface area (Å²) >= 11 is 0. The molecular weight excluding hydrogens is 392 g/mol. The molecule has 1 fully saturated rings. The summed E-state index contributed by atoms with van der Waals surface area (Å²) in [5, 5.41) is 26.1. The van der Waals surface area contributed by atoms with E-state index in [1.54, 1.807) is 13.8 Å². The fourth-order valence-corrected chi connectivity index (χ4v) is 3.84. The molecule has 0 aromatic carbocycles. The number of hydrogen-bond acceptors (Lipinski definition) is 7. The van der Waals surface area contributed by atoms with E-state index < -0.39 is 17.1 Å². The van der Waals surface area contributed by atoms with Crippen LogP contribution >= 0.6 is 0 Å². The van der Waals surface area contributed by atoms with E-state index >= 15 is 0 Å². The molecule has 0 bridgehead atoms. The first kappa shape index (κ1) is 23.7. The Labute approximate surface area is 175 Å². The largest absolute Gasteiger partial charge is 0.392 e. The van der Waals surface area contributed by atoms with Crippen molar-refractivity contribution in [3.63, 3.8) is 0 Å². The normalized spacial score (nSPS) is 22.3. The Balaban J connectivity index is 1.67. The molecule has 11 heteroatoms. The Hall–Kier alpha value is -2.53. The number of amides is 2. The molecule has 6 N–H and O–H groups in total. The fourth-order valence-electron chi connectivity index (χ4n) is 3.84. The Morgan fingerprint density at radius 1 is 1.43 bits per heavy atom. The molecule has 1 aliphatic rings. The summed E-state index contributed by atoms with van der Waals surface area (Å²) in [6, 6.07) is -0.951. The molecule has 168 valence electrons. The average Bonchev–Trinajstić information content (AvgIpc) is 3.06. The third-order valence-corrected chi connectivity index (χ3v) is 5.53. The fraction of sp³-hybridized carbons (Fsp3) is 0.737. The molecule has 0 saturated heterocycles. The Kier molecular flexibility index (Phi) is 8.72. The van der Waals surface area contributed by atoms with Gasteiger partial charge >= 0.3 is 5.82 Å². The number of carbonyl (C=O) groups is 2. The second-order valence-electron chi connectivity index (χ2n) is 7.93. The predicted molar refractivity (Wildman–Crippen MR) is 109 cm³/mol. The van der Waals surface area contributed by atoms with Gasteiger partial charge in [-0.15, -0.1) is 0 Å². The van der Waals surface area contributed by atoms with E-state index in [2.05, 4.69) is 20.6 Å². The predicted octanol–water partition coefficient (Wildman–Crippen LogP) is 0.448. The Morgan fingerprint density at radius 2 is 2.17 bits per heavy atom. The maximum Gasteiger partial charge on any atom is 0.343 e. The molecule has 4 atom stereocenters. The topological polar surface area (TPSA) is 176 Å². The number of H-pyrrole nitrogens is 1. The van der Waals surface area contributed by atoms with Crippen molar-refractivity contribution in [2.24, 2.45) is 11.7 Å². The van der Waals surface area contributed by atoms with E-state index in [-0.39, 0.29) is 54.7 Å². The van der Waals surface area contributed by atoms with Crippen LogP contribution in [0.2, 0.25) is 0 Å². The van der Waals surface area contributed by atoms with Crippen LogP contribution in [0.15, 0.2) is 0 Å². The SMILES string of the molecule is Cc1nc(CCNC(=O)[C@H](C)NC(=O)CCCC2CCCC(O)[C@@H]2N)c([N+](=O)[O-])[nH]1. The minimum atomic E-state index is -0.716. The van der Waals surface area contributed by atoms with Crippen molar-refractivity contribution in [2.45, 2.75) is 77.0 Å². The van der Waals surface area contributed by atoms with Crippen LogP contribution in [-0.4, -0.2) is 56.5 Å². The number of carbonyl (C=O) groups excluding carboxylic acids is 2. The number of aliphatic hydroxyl groups excluding tert-OH is 1. The number of aromatic nitrogens is 2. The van der Waals surface area contributed by atoms with E-state index in [0.29, 0.717) is 12.2 Å². The number of nitro groups is 1. The molecule has 11 nitrogen and oxygen atoms in total. The summed E-state index contributed by atoms with van der Waals surface area (Å²) in [7, 11) is 0. The van der Waals surface area contributed by atoms with Crippen molar-refractivity contribution in [2.75, 3.05) is 6.54 Å². The van der Waals surface area contributed by atoms with Gasteiger partial charge in [-0.05, 0) is 43.4 Å². The quantitative estimate of drug-likeness (QED) is 0.267. The first-order chi connectivity index (χ1) is 14.2. The number of hydrogen-bond donors (Lipinski definition) is 5. The zero-order valence-electron chi connectivity index (χ0n) is 17.5. The van der Waals surface area contributed by atoms with Gasteiger partial charge in [-0.1, -0.05) is 6.42 Å². The van der Waals surface area contributed by atoms with Gasteiger partial charge in [0.2, 0.25) is 11.8 Å². The van der Waals surface area contributed by atoms with Crippen molar-refractivity contribution < 1.29 is 19.6 Å². The third-order valence-electron chi connectivity index (χ3n) is 5.53. The van der Waals surface area contributed by atoms with Crippen LogP contribution in [0.4, 0.5) is 5.82 Å². The number of rotatable bonds is 10. The summed E-state index contributed by atoms with van der Waals surface area (Å²) in [6.45, 7) is 3.38. The number of nitrogens with zero attached hydrogens (tertiary/aromatic N) is 2. The summed E-state index contributed by atoms with van der Waals surface area (Å²) in [4.78, 5) is 41.3. The van der Waals surface area contributed by atoms with Gasteiger partial charge in [-0.3, -0.25) is 9.59 Å². The zero-order chi connectivity index (χ0) is 22.3. The van der Waals surface area contributed by atoms with Gasteiger partial charge < -0.3 is 31.6 Å². The minimum absolute atomic E-state index is 0.173.